The lowest BCUT2D eigenvalue weighted by molar-refractivity contribution is 0.0827. The van der Waals surface area contributed by atoms with Gasteiger partial charge in [0.15, 0.2) is 0 Å². The van der Waals surface area contributed by atoms with Gasteiger partial charge < -0.3 is 16.0 Å². The van der Waals surface area contributed by atoms with Gasteiger partial charge in [-0.2, -0.15) is 0 Å². The molecule has 0 saturated heterocycles. The summed E-state index contributed by atoms with van der Waals surface area (Å²) in [5.74, 6) is -0.0748. The number of carbonyl (C=O) groups excluding carboxylic acids is 2. The molecule has 1 atom stereocenters. The van der Waals surface area contributed by atoms with Crippen LogP contribution >= 0.6 is 0 Å². The first-order valence-corrected chi connectivity index (χ1v) is 6.25. The van der Waals surface area contributed by atoms with Crippen molar-refractivity contribution < 1.29 is 9.59 Å². The van der Waals surface area contributed by atoms with Gasteiger partial charge in [-0.05, 0) is 30.7 Å². The summed E-state index contributed by atoms with van der Waals surface area (Å²) in [4.78, 5) is 25.2. The fraction of sp³-hybridized carbons (Fsp3) is 0.429. The minimum absolute atomic E-state index is 0.120. The number of benzene rings is 1. The molecule has 5 nitrogen and oxygen atoms in total. The van der Waals surface area contributed by atoms with Crippen LogP contribution in [-0.2, 0) is 0 Å². The van der Waals surface area contributed by atoms with Gasteiger partial charge in [-0.1, -0.05) is 13.0 Å². The van der Waals surface area contributed by atoms with Crippen molar-refractivity contribution in [1.82, 2.24) is 10.2 Å². The Kier molecular flexibility index (Phi) is 5.51. The van der Waals surface area contributed by atoms with Crippen molar-refractivity contribution in [1.29, 1.82) is 0 Å². The van der Waals surface area contributed by atoms with Crippen molar-refractivity contribution in [3.63, 3.8) is 0 Å². The summed E-state index contributed by atoms with van der Waals surface area (Å²) in [5.41, 5.74) is 6.48. The lowest BCUT2D eigenvalue weighted by atomic mass is 10.1. The van der Waals surface area contributed by atoms with E-state index in [-0.39, 0.29) is 17.7 Å². The van der Waals surface area contributed by atoms with Crippen molar-refractivity contribution in [3.05, 3.63) is 35.4 Å². The summed E-state index contributed by atoms with van der Waals surface area (Å²) in [7, 11) is 3.36. The molecule has 0 bridgehead atoms. The smallest absolute Gasteiger partial charge is 0.253 e. The molecule has 104 valence electrons. The SMILES string of the molecule is CC(CN)CNC(=O)c1cccc(C(=O)N(C)C)c1. The number of nitrogens with zero attached hydrogens (tertiary/aromatic N) is 1. The third-order valence-corrected chi connectivity index (χ3v) is 2.79. The van der Waals surface area contributed by atoms with Gasteiger partial charge >= 0.3 is 0 Å². The maximum Gasteiger partial charge on any atom is 0.253 e. The van der Waals surface area contributed by atoms with Crippen LogP contribution in [0.5, 0.6) is 0 Å². The highest BCUT2D eigenvalue weighted by atomic mass is 16.2. The van der Waals surface area contributed by atoms with Crippen LogP contribution in [0.4, 0.5) is 0 Å². The van der Waals surface area contributed by atoms with E-state index in [2.05, 4.69) is 5.32 Å². The summed E-state index contributed by atoms with van der Waals surface area (Å²) in [5, 5.41) is 2.80. The number of nitrogens with two attached hydrogens (primary N) is 1. The van der Waals surface area contributed by atoms with Gasteiger partial charge in [-0.15, -0.1) is 0 Å². The van der Waals surface area contributed by atoms with Crippen LogP contribution in [0.15, 0.2) is 24.3 Å². The maximum atomic E-state index is 11.9. The van der Waals surface area contributed by atoms with Crippen molar-refractivity contribution in [3.8, 4) is 0 Å². The van der Waals surface area contributed by atoms with Gasteiger partial charge in [0.1, 0.15) is 0 Å². The fourth-order valence-electron chi connectivity index (χ4n) is 1.50. The van der Waals surface area contributed by atoms with Gasteiger partial charge in [0, 0.05) is 31.8 Å². The molecule has 0 aliphatic heterocycles. The summed E-state index contributed by atoms with van der Waals surface area (Å²) in [6.07, 6.45) is 0. The second-order valence-electron chi connectivity index (χ2n) is 4.83. The predicted octanol–water partition coefficient (Wildman–Crippen LogP) is 0.713. The van der Waals surface area contributed by atoms with Crippen LogP contribution in [0, 0.1) is 5.92 Å². The second-order valence-corrected chi connectivity index (χ2v) is 4.83. The maximum absolute atomic E-state index is 11.9. The van der Waals surface area contributed by atoms with Crippen molar-refractivity contribution in [2.45, 2.75) is 6.92 Å². The molecule has 0 heterocycles. The monoisotopic (exact) mass is 263 g/mol. The zero-order chi connectivity index (χ0) is 14.4. The lowest BCUT2D eigenvalue weighted by Crippen LogP contribution is -2.31. The van der Waals surface area contributed by atoms with Gasteiger partial charge in [0.25, 0.3) is 11.8 Å². The topological polar surface area (TPSA) is 75.4 Å². The minimum Gasteiger partial charge on any atom is -0.352 e. The Morgan fingerprint density at radius 3 is 2.53 bits per heavy atom. The van der Waals surface area contributed by atoms with Crippen LogP contribution in [0.3, 0.4) is 0 Å². The van der Waals surface area contributed by atoms with E-state index in [0.29, 0.717) is 24.2 Å². The van der Waals surface area contributed by atoms with E-state index in [4.69, 9.17) is 5.73 Å². The van der Waals surface area contributed by atoms with E-state index in [1.54, 1.807) is 38.4 Å². The number of amides is 2. The Morgan fingerprint density at radius 1 is 1.32 bits per heavy atom. The molecule has 0 aliphatic carbocycles. The molecule has 1 aromatic rings. The van der Waals surface area contributed by atoms with E-state index < -0.39 is 0 Å². The van der Waals surface area contributed by atoms with Crippen LogP contribution in [-0.4, -0.2) is 43.9 Å². The summed E-state index contributed by atoms with van der Waals surface area (Å²) in [6, 6.07) is 6.69. The zero-order valence-corrected chi connectivity index (χ0v) is 11.6. The van der Waals surface area contributed by atoms with E-state index in [0.717, 1.165) is 0 Å². The summed E-state index contributed by atoms with van der Waals surface area (Å²) >= 11 is 0. The highest BCUT2D eigenvalue weighted by Crippen LogP contribution is 2.07. The first kappa shape index (κ1) is 15.2. The Hall–Kier alpha value is -1.88. The molecule has 1 aromatic carbocycles. The largest absolute Gasteiger partial charge is 0.352 e. The molecule has 0 aromatic heterocycles. The molecule has 0 spiro atoms. The van der Waals surface area contributed by atoms with E-state index in [9.17, 15) is 9.59 Å². The predicted molar refractivity (Wildman–Crippen MR) is 75.0 cm³/mol. The zero-order valence-electron chi connectivity index (χ0n) is 11.6. The lowest BCUT2D eigenvalue weighted by Gasteiger charge is -2.12. The van der Waals surface area contributed by atoms with Gasteiger partial charge in [-0.3, -0.25) is 9.59 Å². The normalized spacial score (nSPS) is 11.8. The molecule has 0 fully saturated rings. The standard InChI is InChI=1S/C14H21N3O2/c1-10(8-15)9-16-13(18)11-5-4-6-12(7-11)14(19)17(2)3/h4-7,10H,8-9,15H2,1-3H3,(H,16,18). The average Bonchev–Trinajstić information content (AvgIpc) is 2.43. The molecular formula is C14H21N3O2. The molecule has 1 rings (SSSR count). The van der Waals surface area contributed by atoms with Crippen molar-refractivity contribution in [2.75, 3.05) is 27.2 Å². The Labute approximate surface area is 113 Å². The first-order chi connectivity index (χ1) is 8.95. The molecule has 0 saturated carbocycles. The van der Waals surface area contributed by atoms with Crippen LogP contribution in [0.25, 0.3) is 0 Å². The minimum atomic E-state index is -0.186. The highest BCUT2D eigenvalue weighted by Gasteiger charge is 2.12. The molecule has 1 unspecified atom stereocenters. The molecule has 0 aliphatic rings. The van der Waals surface area contributed by atoms with E-state index in [1.807, 2.05) is 6.92 Å². The average molecular weight is 263 g/mol. The number of hydrogen-bond donors (Lipinski definition) is 2. The number of carbonyl (C=O) groups is 2. The third kappa shape index (κ3) is 4.37. The van der Waals surface area contributed by atoms with Gasteiger partial charge in [-0.25, -0.2) is 0 Å². The van der Waals surface area contributed by atoms with Gasteiger partial charge in [0.2, 0.25) is 0 Å². The van der Waals surface area contributed by atoms with Crippen LogP contribution in [0.1, 0.15) is 27.6 Å². The number of nitrogens with one attached hydrogen (secondary N) is 1. The molecule has 3 N–H and O–H groups in total. The Balaban J connectivity index is 2.76. The fourth-order valence-corrected chi connectivity index (χ4v) is 1.50. The third-order valence-electron chi connectivity index (χ3n) is 2.79. The van der Waals surface area contributed by atoms with Gasteiger partial charge in [0.05, 0.1) is 0 Å². The van der Waals surface area contributed by atoms with Crippen molar-refractivity contribution in [2.24, 2.45) is 11.7 Å². The van der Waals surface area contributed by atoms with E-state index >= 15 is 0 Å². The van der Waals surface area contributed by atoms with Crippen molar-refractivity contribution >= 4 is 11.8 Å². The second kappa shape index (κ2) is 6.89. The number of rotatable bonds is 5. The molecule has 0 radical (unpaired) electrons. The molecule has 2 amide bonds. The highest BCUT2D eigenvalue weighted by molar-refractivity contribution is 5.99. The number of hydrogen-bond acceptors (Lipinski definition) is 3. The summed E-state index contributed by atoms with van der Waals surface area (Å²) in [6.45, 7) is 3.02. The molecular weight excluding hydrogens is 242 g/mol. The summed E-state index contributed by atoms with van der Waals surface area (Å²) < 4.78 is 0. The van der Waals surface area contributed by atoms with E-state index in [1.165, 1.54) is 4.90 Å². The first-order valence-electron chi connectivity index (χ1n) is 6.25. The molecule has 5 heteroatoms. The van der Waals surface area contributed by atoms with Crippen LogP contribution < -0.4 is 11.1 Å². The molecule has 19 heavy (non-hydrogen) atoms. The Morgan fingerprint density at radius 2 is 1.95 bits per heavy atom. The van der Waals surface area contributed by atoms with Crippen LogP contribution in [0.2, 0.25) is 0 Å². The Bertz CT molecular complexity index is 458. The quantitative estimate of drug-likeness (QED) is 0.821.